The number of nitrogens with zero attached hydrogens (tertiary/aromatic N) is 1. The molecule has 0 aliphatic heterocycles. The molecular weight excluding hydrogens is 186 g/mol. The van der Waals surface area contributed by atoms with Crippen molar-refractivity contribution < 1.29 is 9.53 Å². The Hall–Kier alpha value is -0.560. The van der Waals surface area contributed by atoms with Crippen LogP contribution in [0.2, 0.25) is 0 Å². The molecule has 4 heteroatoms. The summed E-state index contributed by atoms with van der Waals surface area (Å²) in [5.41, 5.74) is 0. The molecule has 0 N–H and O–H groups in total. The smallest absolute Gasteiger partial charge is 0.402 e. The minimum atomic E-state index is -0.836. The Balaban J connectivity index is 3.63. The molecule has 0 saturated carbocycles. The molecule has 0 aromatic rings. The molecule has 1 atom stereocenters. The van der Waals surface area contributed by atoms with Gasteiger partial charge in [-0.15, -0.1) is 0 Å². The highest BCUT2D eigenvalue weighted by Crippen LogP contribution is 2.02. The summed E-state index contributed by atoms with van der Waals surface area (Å²) in [6.45, 7) is 8.41. The third-order valence-corrected chi connectivity index (χ3v) is 1.17. The van der Waals surface area contributed by atoms with E-state index in [1.807, 2.05) is 0 Å². The summed E-state index contributed by atoms with van der Waals surface area (Å²) in [5.74, 6) is -0.521. The molecule has 0 aliphatic rings. The number of ether oxygens (including phenoxy) is 1. The molecule has 0 radical (unpaired) electrons. The van der Waals surface area contributed by atoms with Gasteiger partial charge in [-0.1, -0.05) is 0 Å². The summed E-state index contributed by atoms with van der Waals surface area (Å²) in [7, 11) is 0. The van der Waals surface area contributed by atoms with Crippen LogP contribution in [0.3, 0.4) is 0 Å². The van der Waals surface area contributed by atoms with E-state index >= 15 is 0 Å². The van der Waals surface area contributed by atoms with E-state index in [0.29, 0.717) is 6.61 Å². The van der Waals surface area contributed by atoms with Crippen LogP contribution in [0.4, 0.5) is 0 Å². The average molecular weight is 192 g/mol. The Morgan fingerprint density at radius 3 is 2.89 bits per heavy atom. The van der Waals surface area contributed by atoms with E-state index < -0.39 is 10.9 Å². The quantitative estimate of drug-likeness (QED) is 0.284. The summed E-state index contributed by atoms with van der Waals surface area (Å²) < 4.78 is 4.49. The maximum atomic E-state index is 10.5. The zero-order valence-electron chi connectivity index (χ0n) is 4.93. The van der Waals surface area contributed by atoms with Crippen molar-refractivity contribution in [3.63, 3.8) is 0 Å². The minimum absolute atomic E-state index is 0.316. The number of carbonyl (C=O) groups is 1. The number of carbonyl (C=O) groups excluding carboxylic acids is 1. The average Bonchev–Trinajstić information content (AvgIpc) is 1.87. The summed E-state index contributed by atoms with van der Waals surface area (Å²) in [4.78, 5) is 12.6. The summed E-state index contributed by atoms with van der Waals surface area (Å²) in [6, 6.07) is 0. The number of hydrogen-bond acceptors (Lipinski definition) is 2. The van der Waals surface area contributed by atoms with Gasteiger partial charge in [0.2, 0.25) is 0 Å². The van der Waals surface area contributed by atoms with Crippen molar-refractivity contribution in [3.8, 4) is 0 Å². The predicted octanol–water partition coefficient (Wildman–Crippen LogP) is 1.19. The molecule has 0 spiro atoms. The van der Waals surface area contributed by atoms with Crippen molar-refractivity contribution >= 4 is 21.9 Å². The number of esters is 1. The van der Waals surface area contributed by atoms with Gasteiger partial charge in [-0.2, -0.15) is 0 Å². The second-order valence-electron chi connectivity index (χ2n) is 1.22. The standard InChI is InChI=1S/C5H6BrNO2/c1-3-9-5(8)4(6)7-2/h4H,3H2,1H3. The van der Waals surface area contributed by atoms with E-state index in [9.17, 15) is 4.79 Å². The van der Waals surface area contributed by atoms with E-state index in [4.69, 9.17) is 6.57 Å². The topological polar surface area (TPSA) is 30.7 Å². The van der Waals surface area contributed by atoms with Gasteiger partial charge < -0.3 is 4.74 Å². The summed E-state index contributed by atoms with van der Waals surface area (Å²) in [5, 5.41) is 0. The van der Waals surface area contributed by atoms with Crippen molar-refractivity contribution in [2.24, 2.45) is 0 Å². The number of hydrogen-bond donors (Lipinski definition) is 0. The lowest BCUT2D eigenvalue weighted by Crippen LogP contribution is -2.13. The van der Waals surface area contributed by atoms with Gasteiger partial charge in [0.25, 0.3) is 0 Å². The Bertz CT molecular complexity index is 140. The van der Waals surface area contributed by atoms with Crippen molar-refractivity contribution in [1.29, 1.82) is 0 Å². The SMILES string of the molecule is [C-]#[N+]C(Br)C(=O)OCC. The molecule has 0 aliphatic carbocycles. The first-order chi connectivity index (χ1) is 4.22. The van der Waals surface area contributed by atoms with Gasteiger partial charge in [0, 0.05) is 15.9 Å². The van der Waals surface area contributed by atoms with Gasteiger partial charge in [0.15, 0.2) is 0 Å². The molecule has 50 valence electrons. The number of rotatable bonds is 2. The molecule has 9 heavy (non-hydrogen) atoms. The van der Waals surface area contributed by atoms with Gasteiger partial charge in [0.05, 0.1) is 6.61 Å². The molecule has 1 unspecified atom stereocenters. The summed E-state index contributed by atoms with van der Waals surface area (Å²) >= 11 is 2.81. The van der Waals surface area contributed by atoms with E-state index in [0.717, 1.165) is 0 Å². The third kappa shape index (κ3) is 3.09. The van der Waals surface area contributed by atoms with Crippen LogP contribution in [-0.2, 0) is 9.53 Å². The van der Waals surface area contributed by atoms with Gasteiger partial charge >= 0.3 is 10.9 Å². The molecule has 0 rings (SSSR count). The third-order valence-electron chi connectivity index (χ3n) is 0.594. The predicted molar refractivity (Wildman–Crippen MR) is 36.0 cm³/mol. The first-order valence-electron chi connectivity index (χ1n) is 2.39. The molecule has 0 heterocycles. The van der Waals surface area contributed by atoms with Crippen molar-refractivity contribution in [2.45, 2.75) is 11.9 Å². The molecule has 0 amide bonds. The fourth-order valence-electron chi connectivity index (χ4n) is 0.264. The van der Waals surface area contributed by atoms with Crippen LogP contribution >= 0.6 is 15.9 Å². The maximum absolute atomic E-state index is 10.5. The van der Waals surface area contributed by atoms with Crippen LogP contribution in [0.5, 0.6) is 0 Å². The Morgan fingerprint density at radius 2 is 2.56 bits per heavy atom. The van der Waals surface area contributed by atoms with E-state index in [2.05, 4.69) is 25.5 Å². The van der Waals surface area contributed by atoms with Gasteiger partial charge in [0.1, 0.15) is 0 Å². The highest BCUT2D eigenvalue weighted by Gasteiger charge is 2.19. The molecule has 3 nitrogen and oxygen atoms in total. The number of halogens is 1. The monoisotopic (exact) mass is 191 g/mol. The van der Waals surface area contributed by atoms with Crippen molar-refractivity contribution in [3.05, 3.63) is 11.4 Å². The Morgan fingerprint density at radius 1 is 2.00 bits per heavy atom. The van der Waals surface area contributed by atoms with E-state index in [1.54, 1.807) is 6.92 Å². The zero-order valence-corrected chi connectivity index (χ0v) is 6.51. The fraction of sp³-hybridized carbons (Fsp3) is 0.600. The Labute approximate surface area is 61.9 Å². The number of alkyl halides is 1. The van der Waals surface area contributed by atoms with E-state index in [1.165, 1.54) is 0 Å². The van der Waals surface area contributed by atoms with Crippen LogP contribution < -0.4 is 0 Å². The Kier molecular flexibility index (Phi) is 4.06. The molecule has 0 bridgehead atoms. The first kappa shape index (κ1) is 8.44. The normalized spacial score (nSPS) is 11.7. The fourth-order valence-corrected chi connectivity index (χ4v) is 0.396. The summed E-state index contributed by atoms with van der Waals surface area (Å²) in [6.07, 6.45) is 0. The zero-order chi connectivity index (χ0) is 7.28. The molecular formula is C5H6BrNO2. The lowest BCUT2D eigenvalue weighted by Gasteiger charge is -1.95. The van der Waals surface area contributed by atoms with Crippen molar-refractivity contribution in [2.75, 3.05) is 6.61 Å². The minimum Gasteiger partial charge on any atom is -0.460 e. The molecule has 0 fully saturated rings. The lowest BCUT2D eigenvalue weighted by atomic mass is 10.7. The van der Waals surface area contributed by atoms with Gasteiger partial charge in [-0.25, -0.2) is 11.4 Å². The van der Waals surface area contributed by atoms with Crippen LogP contribution in [0.15, 0.2) is 0 Å². The first-order valence-corrected chi connectivity index (χ1v) is 3.31. The second-order valence-corrected chi connectivity index (χ2v) is 2.08. The van der Waals surface area contributed by atoms with Gasteiger partial charge in [-0.3, -0.25) is 4.85 Å². The highest BCUT2D eigenvalue weighted by atomic mass is 79.9. The van der Waals surface area contributed by atoms with Crippen molar-refractivity contribution in [1.82, 2.24) is 0 Å². The molecule has 0 aromatic heterocycles. The van der Waals surface area contributed by atoms with Crippen LogP contribution in [0.25, 0.3) is 4.85 Å². The second kappa shape index (κ2) is 4.33. The molecule has 0 saturated heterocycles. The van der Waals surface area contributed by atoms with Crippen LogP contribution in [-0.4, -0.2) is 17.5 Å². The van der Waals surface area contributed by atoms with Crippen LogP contribution in [0, 0.1) is 6.57 Å². The largest absolute Gasteiger partial charge is 0.460 e. The lowest BCUT2D eigenvalue weighted by molar-refractivity contribution is -0.141. The van der Waals surface area contributed by atoms with E-state index in [-0.39, 0.29) is 0 Å². The maximum Gasteiger partial charge on any atom is 0.402 e. The molecule has 0 aromatic carbocycles. The van der Waals surface area contributed by atoms with Crippen LogP contribution in [0.1, 0.15) is 6.92 Å². The van der Waals surface area contributed by atoms with Gasteiger partial charge in [-0.05, 0) is 6.92 Å². The highest BCUT2D eigenvalue weighted by molar-refractivity contribution is 9.10.